The van der Waals surface area contributed by atoms with Crippen molar-refractivity contribution in [3.05, 3.63) is 126 Å². The van der Waals surface area contributed by atoms with Gasteiger partial charge in [-0.2, -0.15) is 0 Å². The average molecular weight is 728 g/mol. The molecule has 4 rings (SSSR count). The molecule has 0 heterocycles. The number of rotatable bonds is 10. The van der Waals surface area contributed by atoms with Crippen molar-refractivity contribution in [2.24, 2.45) is 5.92 Å². The molecule has 2 atom stereocenters. The van der Waals surface area contributed by atoms with Crippen molar-refractivity contribution in [1.29, 1.82) is 0 Å². The van der Waals surface area contributed by atoms with Crippen LogP contribution in [0.25, 0.3) is 0 Å². The SMILES string of the molecule is CC[C@H](C)[C@@H](CP(Br)(Cc1ccccc1)(c1ccccc1)c1ccccc1)NC(=S)Nc1cc(C(F)(F)F)cc(C(F)(F)F)c1. The standard InChI is InChI=1S/C34H34BrF6N2PS/c1-3-24(2)31(43-32(45)42-28-20-26(33(36,37)38)19-27(21-28)34(39,40)41)23-44(35,29-15-9-5-10-16-29,30-17-11-6-12-18-30)22-25-13-7-4-8-14-25/h4-21,24,31H,3,22-23H2,1-2H3,(H2,42,43,45)/t24-,31+/m0/s1. The molecule has 240 valence electrons. The zero-order valence-corrected chi connectivity index (χ0v) is 28.0. The molecule has 0 aliphatic carbocycles. The fraction of sp³-hybridized carbons (Fsp3) is 0.265. The summed E-state index contributed by atoms with van der Waals surface area (Å²) in [7, 11) is 0. The van der Waals surface area contributed by atoms with Crippen molar-refractivity contribution >= 4 is 54.4 Å². The van der Waals surface area contributed by atoms with E-state index in [0.717, 1.165) is 22.6 Å². The van der Waals surface area contributed by atoms with E-state index >= 15 is 0 Å². The molecule has 0 unspecified atom stereocenters. The van der Waals surface area contributed by atoms with Gasteiger partial charge in [-0.15, -0.1) is 0 Å². The number of hydrogen-bond donors (Lipinski definition) is 2. The Morgan fingerprint density at radius 3 is 1.62 bits per heavy atom. The Morgan fingerprint density at radius 1 is 0.756 bits per heavy atom. The van der Waals surface area contributed by atoms with Crippen molar-refractivity contribution in [2.45, 2.75) is 44.8 Å². The Labute approximate surface area is 273 Å². The Kier molecular flexibility index (Phi) is 10.7. The maximum absolute atomic E-state index is 13.5. The summed E-state index contributed by atoms with van der Waals surface area (Å²) in [4.78, 5) is 0. The van der Waals surface area contributed by atoms with E-state index in [-0.39, 0.29) is 23.1 Å². The van der Waals surface area contributed by atoms with Crippen LogP contribution in [0.1, 0.15) is 37.0 Å². The van der Waals surface area contributed by atoms with Crippen molar-refractivity contribution in [2.75, 3.05) is 11.5 Å². The molecule has 45 heavy (non-hydrogen) atoms. The molecule has 4 aromatic rings. The van der Waals surface area contributed by atoms with Gasteiger partial charge in [-0.05, 0) is 0 Å². The molecule has 4 aromatic carbocycles. The molecular formula is C34H34BrF6N2PS. The molecule has 0 spiro atoms. The van der Waals surface area contributed by atoms with Gasteiger partial charge in [-0.3, -0.25) is 0 Å². The van der Waals surface area contributed by atoms with Gasteiger partial charge in [0.1, 0.15) is 0 Å². The van der Waals surface area contributed by atoms with Crippen LogP contribution in [-0.4, -0.2) is 17.3 Å². The van der Waals surface area contributed by atoms with Crippen LogP contribution in [0.3, 0.4) is 0 Å². The topological polar surface area (TPSA) is 24.1 Å². The van der Waals surface area contributed by atoms with Crippen LogP contribution in [0.5, 0.6) is 0 Å². The maximum atomic E-state index is 13.5. The van der Waals surface area contributed by atoms with E-state index in [0.29, 0.717) is 24.5 Å². The fourth-order valence-electron chi connectivity index (χ4n) is 5.54. The quantitative estimate of drug-likeness (QED) is 0.0967. The Hall–Kier alpha value is -2.94. The summed E-state index contributed by atoms with van der Waals surface area (Å²) < 4.78 is 81.1. The third-order valence-corrected chi connectivity index (χ3v) is 17.6. The van der Waals surface area contributed by atoms with Gasteiger partial charge in [0, 0.05) is 0 Å². The molecule has 0 aliphatic heterocycles. The fourth-order valence-corrected chi connectivity index (χ4v) is 14.2. The summed E-state index contributed by atoms with van der Waals surface area (Å²) in [6.07, 6.45) is -7.97. The van der Waals surface area contributed by atoms with Crippen LogP contribution in [0.4, 0.5) is 32.0 Å². The molecule has 0 fully saturated rings. The van der Waals surface area contributed by atoms with Crippen molar-refractivity contribution < 1.29 is 26.3 Å². The summed E-state index contributed by atoms with van der Waals surface area (Å²) in [5, 5.41) is 4.76. The first-order valence-electron chi connectivity index (χ1n) is 14.4. The van der Waals surface area contributed by atoms with Gasteiger partial charge in [-0.25, -0.2) is 0 Å². The molecule has 11 heteroatoms. The third-order valence-electron chi connectivity index (χ3n) is 8.12. The van der Waals surface area contributed by atoms with Gasteiger partial charge in [-0.1, -0.05) is 0 Å². The van der Waals surface area contributed by atoms with Crippen molar-refractivity contribution in [3.63, 3.8) is 0 Å². The van der Waals surface area contributed by atoms with Crippen LogP contribution < -0.4 is 21.2 Å². The van der Waals surface area contributed by atoms with E-state index in [1.807, 2.05) is 61.5 Å². The second-order valence-electron chi connectivity index (χ2n) is 11.3. The van der Waals surface area contributed by atoms with Gasteiger partial charge in [0.2, 0.25) is 0 Å². The van der Waals surface area contributed by atoms with Crippen LogP contribution in [0.15, 0.2) is 109 Å². The summed E-state index contributed by atoms with van der Waals surface area (Å²) in [6, 6.07) is 31.5. The van der Waals surface area contributed by atoms with Crippen LogP contribution in [0, 0.1) is 5.92 Å². The van der Waals surface area contributed by atoms with E-state index in [1.54, 1.807) is 0 Å². The van der Waals surface area contributed by atoms with Crippen molar-refractivity contribution in [3.8, 4) is 0 Å². The molecule has 2 N–H and O–H groups in total. The summed E-state index contributed by atoms with van der Waals surface area (Å²) in [5.41, 5.74) is -2.11. The first-order valence-corrected chi connectivity index (χ1v) is 19.4. The van der Waals surface area contributed by atoms with Crippen LogP contribution in [-0.2, 0) is 18.5 Å². The molecule has 0 amide bonds. The molecule has 0 aromatic heterocycles. The summed E-state index contributed by atoms with van der Waals surface area (Å²) >= 11 is 10.00. The summed E-state index contributed by atoms with van der Waals surface area (Å²) in [5.74, 6) is 0.0271. The molecule has 2 nitrogen and oxygen atoms in total. The monoisotopic (exact) mass is 726 g/mol. The molecular weight excluding hydrogens is 693 g/mol. The molecule has 0 radical (unpaired) electrons. The number of alkyl halides is 6. The Balaban J connectivity index is 1.79. The van der Waals surface area contributed by atoms with Gasteiger partial charge >= 0.3 is 274 Å². The zero-order chi connectivity index (χ0) is 32.9. The number of hydrogen-bond acceptors (Lipinski definition) is 1. The number of halogens is 7. The molecule has 0 saturated carbocycles. The minimum absolute atomic E-state index is 0.0271. The zero-order valence-electron chi connectivity index (χ0n) is 24.7. The second-order valence-corrected chi connectivity index (χ2v) is 21.3. The van der Waals surface area contributed by atoms with Gasteiger partial charge in [0.25, 0.3) is 0 Å². The summed E-state index contributed by atoms with van der Waals surface area (Å²) in [6.45, 7) is 4.09. The Morgan fingerprint density at radius 2 is 1.20 bits per heavy atom. The normalized spacial score (nSPS) is 14.6. The van der Waals surface area contributed by atoms with E-state index in [2.05, 4.69) is 69.4 Å². The number of anilines is 1. The van der Waals surface area contributed by atoms with E-state index in [4.69, 9.17) is 12.2 Å². The number of thiocarbonyl (C=S) groups is 1. The third kappa shape index (κ3) is 8.27. The van der Waals surface area contributed by atoms with Crippen molar-refractivity contribution in [1.82, 2.24) is 5.32 Å². The van der Waals surface area contributed by atoms with Crippen LogP contribution in [0.2, 0.25) is 0 Å². The first-order chi connectivity index (χ1) is 21.1. The number of benzene rings is 4. The van der Waals surface area contributed by atoms with Crippen LogP contribution >= 0.6 is 33.0 Å². The predicted octanol–water partition coefficient (Wildman–Crippen LogP) is 10.1. The minimum atomic E-state index is -4.97. The predicted molar refractivity (Wildman–Crippen MR) is 182 cm³/mol. The average Bonchev–Trinajstić information content (AvgIpc) is 3.01. The second kappa shape index (κ2) is 13.8. The Bertz CT molecular complexity index is 1510. The molecule has 0 saturated heterocycles. The van der Waals surface area contributed by atoms with Gasteiger partial charge < -0.3 is 0 Å². The van der Waals surface area contributed by atoms with Gasteiger partial charge in [0.15, 0.2) is 0 Å². The number of nitrogens with one attached hydrogen (secondary N) is 2. The molecule has 0 aliphatic rings. The first kappa shape index (κ1) is 34.9. The van der Waals surface area contributed by atoms with E-state index in [9.17, 15) is 26.3 Å². The molecule has 0 bridgehead atoms. The van der Waals surface area contributed by atoms with E-state index in [1.165, 1.54) is 0 Å². The van der Waals surface area contributed by atoms with Gasteiger partial charge in [0.05, 0.1) is 0 Å². The van der Waals surface area contributed by atoms with E-state index < -0.39 is 34.5 Å².